The summed E-state index contributed by atoms with van der Waals surface area (Å²) in [6.07, 6.45) is 0.552. The number of allylic oxidation sites excluding steroid dienone is 1. The van der Waals surface area contributed by atoms with Gasteiger partial charge in [-0.05, 0) is 24.5 Å². The van der Waals surface area contributed by atoms with Crippen LogP contribution in [0.25, 0.3) is 5.57 Å². The van der Waals surface area contributed by atoms with Crippen molar-refractivity contribution >= 4 is 11.5 Å². The predicted molar refractivity (Wildman–Crippen MR) is 57.0 cm³/mol. The number of carboxylic acid groups (broad SMARTS) is 1. The molecule has 74 valence electrons. The standard InChI is InChI=1S/C12H14O2/c1-3-11(12(13)14)9(2)10-7-5-4-6-8-10/h4-8H,3H2,1-2H3,(H,13,14)/b11-9-. The van der Waals surface area contributed by atoms with Gasteiger partial charge in [0, 0.05) is 5.57 Å². The summed E-state index contributed by atoms with van der Waals surface area (Å²) in [7, 11) is 0. The van der Waals surface area contributed by atoms with Crippen LogP contribution in [0.2, 0.25) is 0 Å². The van der Waals surface area contributed by atoms with Crippen LogP contribution in [0.3, 0.4) is 0 Å². The van der Waals surface area contributed by atoms with Crippen LogP contribution in [-0.2, 0) is 4.79 Å². The topological polar surface area (TPSA) is 37.3 Å². The molecule has 0 saturated carbocycles. The zero-order valence-corrected chi connectivity index (χ0v) is 8.45. The van der Waals surface area contributed by atoms with Crippen molar-refractivity contribution in [1.29, 1.82) is 0 Å². The maximum atomic E-state index is 10.9. The van der Waals surface area contributed by atoms with Crippen LogP contribution in [0.15, 0.2) is 35.9 Å². The molecule has 0 aromatic heterocycles. The minimum atomic E-state index is -0.825. The SMILES string of the molecule is CC/C(C(=O)O)=C(\C)c1ccccc1. The van der Waals surface area contributed by atoms with E-state index in [1.165, 1.54) is 0 Å². The molecule has 0 spiro atoms. The summed E-state index contributed by atoms with van der Waals surface area (Å²) in [4.78, 5) is 10.9. The highest BCUT2D eigenvalue weighted by atomic mass is 16.4. The highest BCUT2D eigenvalue weighted by molar-refractivity contribution is 5.95. The molecule has 0 amide bonds. The van der Waals surface area contributed by atoms with E-state index in [2.05, 4.69) is 0 Å². The third kappa shape index (κ3) is 2.22. The van der Waals surface area contributed by atoms with Crippen molar-refractivity contribution in [2.75, 3.05) is 0 Å². The maximum Gasteiger partial charge on any atom is 0.331 e. The fourth-order valence-electron chi connectivity index (χ4n) is 1.44. The van der Waals surface area contributed by atoms with Crippen molar-refractivity contribution < 1.29 is 9.90 Å². The van der Waals surface area contributed by atoms with Crippen LogP contribution in [0, 0.1) is 0 Å². The largest absolute Gasteiger partial charge is 0.478 e. The first-order valence-electron chi connectivity index (χ1n) is 4.65. The Labute approximate surface area is 83.9 Å². The minimum absolute atomic E-state index is 0.483. The van der Waals surface area contributed by atoms with Crippen molar-refractivity contribution in [3.05, 3.63) is 41.5 Å². The second-order valence-electron chi connectivity index (χ2n) is 3.13. The summed E-state index contributed by atoms with van der Waals surface area (Å²) in [6, 6.07) is 9.59. The van der Waals surface area contributed by atoms with Crippen molar-refractivity contribution in [2.45, 2.75) is 20.3 Å². The second kappa shape index (κ2) is 4.61. The molecule has 1 aromatic rings. The van der Waals surface area contributed by atoms with Gasteiger partial charge in [0.2, 0.25) is 0 Å². The molecule has 1 N–H and O–H groups in total. The van der Waals surface area contributed by atoms with Crippen molar-refractivity contribution in [1.82, 2.24) is 0 Å². The van der Waals surface area contributed by atoms with E-state index in [0.29, 0.717) is 12.0 Å². The third-order valence-corrected chi connectivity index (χ3v) is 2.27. The van der Waals surface area contributed by atoms with Gasteiger partial charge < -0.3 is 5.11 Å². The molecule has 2 heteroatoms. The number of carbonyl (C=O) groups is 1. The van der Waals surface area contributed by atoms with E-state index in [4.69, 9.17) is 5.11 Å². The lowest BCUT2D eigenvalue weighted by atomic mass is 10.00. The zero-order chi connectivity index (χ0) is 10.6. The average Bonchev–Trinajstić information content (AvgIpc) is 2.19. The maximum absolute atomic E-state index is 10.9. The van der Waals surface area contributed by atoms with Gasteiger partial charge in [-0.25, -0.2) is 4.79 Å². The normalized spacial score (nSPS) is 12.1. The molecule has 1 rings (SSSR count). The van der Waals surface area contributed by atoms with Gasteiger partial charge in [-0.2, -0.15) is 0 Å². The Morgan fingerprint density at radius 2 is 1.86 bits per heavy atom. The molecule has 0 heterocycles. The van der Waals surface area contributed by atoms with Crippen LogP contribution >= 0.6 is 0 Å². The highest BCUT2D eigenvalue weighted by Crippen LogP contribution is 2.19. The molecule has 0 atom stereocenters. The Kier molecular flexibility index (Phi) is 3.46. The molecule has 0 aliphatic heterocycles. The first-order chi connectivity index (χ1) is 6.66. The Bertz CT molecular complexity index is 350. The molecule has 14 heavy (non-hydrogen) atoms. The van der Waals surface area contributed by atoms with E-state index < -0.39 is 5.97 Å². The lowest BCUT2D eigenvalue weighted by Crippen LogP contribution is -2.01. The summed E-state index contributed by atoms with van der Waals surface area (Å²) in [5.41, 5.74) is 2.31. The molecule has 0 aliphatic carbocycles. The number of rotatable bonds is 3. The van der Waals surface area contributed by atoms with Gasteiger partial charge in [0.05, 0.1) is 0 Å². The van der Waals surface area contributed by atoms with Gasteiger partial charge in [0.15, 0.2) is 0 Å². The van der Waals surface area contributed by atoms with E-state index >= 15 is 0 Å². The quantitative estimate of drug-likeness (QED) is 0.744. The Hall–Kier alpha value is -1.57. The molecule has 0 saturated heterocycles. The van der Waals surface area contributed by atoms with Crippen LogP contribution < -0.4 is 0 Å². The molecule has 0 radical (unpaired) electrons. The second-order valence-corrected chi connectivity index (χ2v) is 3.13. The van der Waals surface area contributed by atoms with Gasteiger partial charge in [-0.15, -0.1) is 0 Å². The van der Waals surface area contributed by atoms with Gasteiger partial charge in [-0.3, -0.25) is 0 Å². The summed E-state index contributed by atoms with van der Waals surface area (Å²) >= 11 is 0. The summed E-state index contributed by atoms with van der Waals surface area (Å²) in [5, 5.41) is 8.95. The summed E-state index contributed by atoms with van der Waals surface area (Å²) in [5.74, 6) is -0.825. The van der Waals surface area contributed by atoms with Crippen LogP contribution in [0.4, 0.5) is 0 Å². The highest BCUT2D eigenvalue weighted by Gasteiger charge is 2.09. The van der Waals surface area contributed by atoms with Crippen molar-refractivity contribution in [3.8, 4) is 0 Å². The van der Waals surface area contributed by atoms with E-state index in [1.54, 1.807) is 0 Å². The van der Waals surface area contributed by atoms with Crippen LogP contribution in [0.1, 0.15) is 25.8 Å². The monoisotopic (exact) mass is 190 g/mol. The van der Waals surface area contributed by atoms with E-state index in [1.807, 2.05) is 44.2 Å². The number of carboxylic acids is 1. The number of aliphatic carboxylic acids is 1. The average molecular weight is 190 g/mol. The van der Waals surface area contributed by atoms with Gasteiger partial charge >= 0.3 is 5.97 Å². The Morgan fingerprint density at radius 3 is 2.29 bits per heavy atom. The van der Waals surface area contributed by atoms with Crippen molar-refractivity contribution in [2.24, 2.45) is 0 Å². The summed E-state index contributed by atoms with van der Waals surface area (Å²) in [6.45, 7) is 3.71. The molecule has 0 bridgehead atoms. The van der Waals surface area contributed by atoms with Crippen LogP contribution in [-0.4, -0.2) is 11.1 Å². The van der Waals surface area contributed by atoms with Crippen LogP contribution in [0.5, 0.6) is 0 Å². The lowest BCUT2D eigenvalue weighted by Gasteiger charge is -2.05. The van der Waals surface area contributed by atoms with E-state index in [-0.39, 0.29) is 0 Å². The van der Waals surface area contributed by atoms with Crippen molar-refractivity contribution in [3.63, 3.8) is 0 Å². The van der Waals surface area contributed by atoms with E-state index in [0.717, 1.165) is 11.1 Å². The zero-order valence-electron chi connectivity index (χ0n) is 8.45. The van der Waals surface area contributed by atoms with E-state index in [9.17, 15) is 4.79 Å². The number of benzene rings is 1. The molecule has 1 aromatic carbocycles. The first-order valence-corrected chi connectivity index (χ1v) is 4.65. The molecule has 0 unspecified atom stereocenters. The predicted octanol–water partition coefficient (Wildman–Crippen LogP) is 2.95. The van der Waals surface area contributed by atoms with Gasteiger partial charge in [-0.1, -0.05) is 37.3 Å². The molecule has 2 nitrogen and oxygen atoms in total. The van der Waals surface area contributed by atoms with Gasteiger partial charge in [0.1, 0.15) is 0 Å². The lowest BCUT2D eigenvalue weighted by molar-refractivity contribution is -0.132. The molecule has 0 fully saturated rings. The molecular weight excluding hydrogens is 176 g/mol. The third-order valence-electron chi connectivity index (χ3n) is 2.27. The Morgan fingerprint density at radius 1 is 1.29 bits per heavy atom. The molecule has 0 aliphatic rings. The fourth-order valence-corrected chi connectivity index (χ4v) is 1.44. The smallest absolute Gasteiger partial charge is 0.331 e. The Balaban J connectivity index is 3.15. The first kappa shape index (κ1) is 10.5. The fraction of sp³-hybridized carbons (Fsp3) is 0.250. The minimum Gasteiger partial charge on any atom is -0.478 e. The molecular formula is C12H14O2. The van der Waals surface area contributed by atoms with Gasteiger partial charge in [0.25, 0.3) is 0 Å². The number of hydrogen-bond donors (Lipinski definition) is 1. The number of hydrogen-bond acceptors (Lipinski definition) is 1. The summed E-state index contributed by atoms with van der Waals surface area (Å²) < 4.78 is 0.